The van der Waals surface area contributed by atoms with Crippen LogP contribution in [0, 0.1) is 0 Å². The lowest BCUT2D eigenvalue weighted by Crippen LogP contribution is -2.51. The van der Waals surface area contributed by atoms with Crippen molar-refractivity contribution in [3.8, 4) is 0 Å². The fourth-order valence-corrected chi connectivity index (χ4v) is 3.94. The molecule has 0 saturated carbocycles. The quantitative estimate of drug-likeness (QED) is 0.604. The normalized spacial score (nSPS) is 28.9. The second-order valence-corrected chi connectivity index (χ2v) is 7.73. The fourth-order valence-electron chi connectivity index (χ4n) is 1.35. The maximum atomic E-state index is 11.4. The van der Waals surface area contributed by atoms with Gasteiger partial charge < -0.3 is 5.73 Å². The average Bonchev–Trinajstić information content (AvgIpc) is 2.01. The zero-order chi connectivity index (χ0) is 11.0. The van der Waals surface area contributed by atoms with Gasteiger partial charge in [0.2, 0.25) is 10.0 Å². The molecule has 1 rings (SSSR count). The predicted molar refractivity (Wildman–Crippen MR) is 53.0 cm³/mol. The molecule has 0 aromatic heterocycles. The third kappa shape index (κ3) is 2.44. The van der Waals surface area contributed by atoms with Crippen molar-refractivity contribution < 1.29 is 16.8 Å². The summed E-state index contributed by atoms with van der Waals surface area (Å²) in [6.07, 6.45) is 1.07. The molecule has 0 radical (unpaired) electrons. The van der Waals surface area contributed by atoms with Crippen LogP contribution in [0.25, 0.3) is 0 Å². The molecular formula is C6H14N2O4S2. The van der Waals surface area contributed by atoms with Crippen molar-refractivity contribution in [1.29, 1.82) is 0 Å². The summed E-state index contributed by atoms with van der Waals surface area (Å²) in [4.78, 5) is 0. The van der Waals surface area contributed by atoms with E-state index < -0.39 is 25.1 Å². The van der Waals surface area contributed by atoms with Gasteiger partial charge in [0.25, 0.3) is 0 Å². The standard InChI is InChI=1S/C6H14N2O4S2/c1-13(9,10)8-2-3-14(11,12)6(4-7)5-8/h6H,2-5,7H2,1H3. The van der Waals surface area contributed by atoms with E-state index in [1.807, 2.05) is 0 Å². The van der Waals surface area contributed by atoms with Gasteiger partial charge in [-0.2, -0.15) is 4.31 Å². The lowest BCUT2D eigenvalue weighted by molar-refractivity contribution is 0.406. The summed E-state index contributed by atoms with van der Waals surface area (Å²) in [6, 6.07) is 0. The van der Waals surface area contributed by atoms with Crippen LogP contribution in [-0.2, 0) is 19.9 Å². The number of hydrogen-bond acceptors (Lipinski definition) is 5. The van der Waals surface area contributed by atoms with Gasteiger partial charge in [0.05, 0.1) is 17.3 Å². The zero-order valence-corrected chi connectivity index (χ0v) is 9.51. The summed E-state index contributed by atoms with van der Waals surface area (Å²) in [7, 11) is -6.50. The molecule has 6 nitrogen and oxygen atoms in total. The minimum atomic E-state index is -3.31. The van der Waals surface area contributed by atoms with Crippen molar-refractivity contribution in [1.82, 2.24) is 4.31 Å². The molecule has 1 aliphatic heterocycles. The number of sulfone groups is 1. The first kappa shape index (κ1) is 11.9. The lowest BCUT2D eigenvalue weighted by Gasteiger charge is -2.29. The van der Waals surface area contributed by atoms with E-state index in [-0.39, 0.29) is 25.4 Å². The molecule has 1 unspecified atom stereocenters. The first-order chi connectivity index (χ1) is 6.27. The fraction of sp³-hybridized carbons (Fsp3) is 1.00. The first-order valence-corrected chi connectivity index (χ1v) is 7.70. The summed E-state index contributed by atoms with van der Waals surface area (Å²) in [5.41, 5.74) is 5.28. The Morgan fingerprint density at radius 2 is 2.07 bits per heavy atom. The molecule has 1 atom stereocenters. The Morgan fingerprint density at radius 3 is 2.50 bits per heavy atom. The van der Waals surface area contributed by atoms with Gasteiger partial charge in [-0.3, -0.25) is 0 Å². The largest absolute Gasteiger partial charge is 0.329 e. The van der Waals surface area contributed by atoms with Crippen molar-refractivity contribution in [3.63, 3.8) is 0 Å². The summed E-state index contributed by atoms with van der Waals surface area (Å²) in [5, 5.41) is -0.758. The molecule has 1 aliphatic rings. The van der Waals surface area contributed by atoms with E-state index in [0.29, 0.717) is 0 Å². The van der Waals surface area contributed by atoms with Crippen molar-refractivity contribution in [2.45, 2.75) is 5.25 Å². The van der Waals surface area contributed by atoms with Crippen LogP contribution >= 0.6 is 0 Å². The van der Waals surface area contributed by atoms with Crippen molar-refractivity contribution in [2.75, 3.05) is 31.6 Å². The lowest BCUT2D eigenvalue weighted by atomic mass is 10.4. The highest BCUT2D eigenvalue weighted by atomic mass is 32.2. The Kier molecular flexibility index (Phi) is 3.20. The van der Waals surface area contributed by atoms with Crippen LogP contribution in [0.4, 0.5) is 0 Å². The molecule has 1 heterocycles. The third-order valence-corrected chi connectivity index (χ3v) is 5.65. The van der Waals surface area contributed by atoms with Crippen LogP contribution in [0.5, 0.6) is 0 Å². The molecule has 0 aromatic rings. The molecule has 0 spiro atoms. The van der Waals surface area contributed by atoms with Crippen LogP contribution in [0.3, 0.4) is 0 Å². The zero-order valence-electron chi connectivity index (χ0n) is 7.88. The van der Waals surface area contributed by atoms with Crippen LogP contribution in [0.15, 0.2) is 0 Å². The monoisotopic (exact) mass is 242 g/mol. The second kappa shape index (κ2) is 3.76. The Morgan fingerprint density at radius 1 is 1.50 bits per heavy atom. The molecule has 0 aromatic carbocycles. The molecule has 0 bridgehead atoms. The minimum Gasteiger partial charge on any atom is -0.329 e. The summed E-state index contributed by atoms with van der Waals surface area (Å²) < 4.78 is 46.2. The van der Waals surface area contributed by atoms with Gasteiger partial charge in [-0.15, -0.1) is 0 Å². The van der Waals surface area contributed by atoms with Crippen molar-refractivity contribution in [3.05, 3.63) is 0 Å². The Labute approximate surface area is 84.0 Å². The smallest absolute Gasteiger partial charge is 0.211 e. The molecule has 14 heavy (non-hydrogen) atoms. The van der Waals surface area contributed by atoms with Crippen LogP contribution in [0.1, 0.15) is 0 Å². The number of hydrogen-bond donors (Lipinski definition) is 1. The van der Waals surface area contributed by atoms with Crippen LogP contribution in [-0.4, -0.2) is 58.0 Å². The summed E-state index contributed by atoms with van der Waals surface area (Å²) >= 11 is 0. The van der Waals surface area contributed by atoms with E-state index >= 15 is 0 Å². The summed E-state index contributed by atoms with van der Waals surface area (Å²) in [6.45, 7) is -0.0102. The molecule has 0 aliphatic carbocycles. The minimum absolute atomic E-state index is 0.0162. The molecule has 1 saturated heterocycles. The molecule has 8 heteroatoms. The van der Waals surface area contributed by atoms with Gasteiger partial charge in [-0.1, -0.05) is 0 Å². The summed E-state index contributed by atoms with van der Waals surface area (Å²) in [5.74, 6) is -0.137. The Bertz CT molecular complexity index is 400. The van der Waals surface area contributed by atoms with Crippen molar-refractivity contribution in [2.24, 2.45) is 5.73 Å². The SMILES string of the molecule is CS(=O)(=O)N1CCS(=O)(=O)C(CN)C1. The maximum absolute atomic E-state index is 11.4. The van der Waals surface area contributed by atoms with E-state index in [4.69, 9.17) is 5.73 Å². The Hall–Kier alpha value is -0.180. The van der Waals surface area contributed by atoms with Crippen molar-refractivity contribution >= 4 is 19.9 Å². The molecule has 0 amide bonds. The van der Waals surface area contributed by atoms with E-state index in [9.17, 15) is 16.8 Å². The first-order valence-electron chi connectivity index (χ1n) is 4.14. The maximum Gasteiger partial charge on any atom is 0.211 e. The number of rotatable bonds is 2. The number of nitrogens with zero attached hydrogens (tertiary/aromatic N) is 1. The van der Waals surface area contributed by atoms with Gasteiger partial charge >= 0.3 is 0 Å². The van der Waals surface area contributed by atoms with Gasteiger partial charge in [0.15, 0.2) is 9.84 Å². The van der Waals surface area contributed by atoms with E-state index in [0.717, 1.165) is 10.6 Å². The molecule has 2 N–H and O–H groups in total. The van der Waals surface area contributed by atoms with Crippen LogP contribution in [0.2, 0.25) is 0 Å². The Balaban J connectivity index is 2.88. The van der Waals surface area contributed by atoms with E-state index in [1.165, 1.54) is 0 Å². The predicted octanol–water partition coefficient (Wildman–Crippen LogP) is -2.00. The van der Waals surface area contributed by atoms with Gasteiger partial charge in [0.1, 0.15) is 0 Å². The topological polar surface area (TPSA) is 97.5 Å². The van der Waals surface area contributed by atoms with Gasteiger partial charge in [-0.25, -0.2) is 16.8 Å². The van der Waals surface area contributed by atoms with Gasteiger partial charge in [0, 0.05) is 19.6 Å². The molecule has 1 fully saturated rings. The van der Waals surface area contributed by atoms with E-state index in [2.05, 4.69) is 0 Å². The number of nitrogens with two attached hydrogens (primary N) is 1. The highest BCUT2D eigenvalue weighted by molar-refractivity contribution is 7.92. The highest BCUT2D eigenvalue weighted by Gasteiger charge is 2.35. The van der Waals surface area contributed by atoms with Crippen LogP contribution < -0.4 is 5.73 Å². The molecule has 84 valence electrons. The van der Waals surface area contributed by atoms with E-state index in [1.54, 1.807) is 0 Å². The average molecular weight is 242 g/mol. The highest BCUT2D eigenvalue weighted by Crippen LogP contribution is 2.13. The van der Waals surface area contributed by atoms with Gasteiger partial charge in [-0.05, 0) is 0 Å². The second-order valence-electron chi connectivity index (χ2n) is 3.35. The molecular weight excluding hydrogens is 228 g/mol. The number of sulfonamides is 1. The third-order valence-electron chi connectivity index (χ3n) is 2.27.